The van der Waals surface area contributed by atoms with E-state index >= 15 is 0 Å². The van der Waals surface area contributed by atoms with E-state index < -0.39 is 0 Å². The minimum absolute atomic E-state index is 0.346. The van der Waals surface area contributed by atoms with E-state index in [0.717, 1.165) is 13.1 Å². The summed E-state index contributed by atoms with van der Waals surface area (Å²) in [6.45, 7) is 12.0. The van der Waals surface area contributed by atoms with E-state index in [4.69, 9.17) is 0 Å². The average Bonchev–Trinajstić information content (AvgIpc) is 2.61. The van der Waals surface area contributed by atoms with E-state index in [0.29, 0.717) is 12.0 Å². The summed E-state index contributed by atoms with van der Waals surface area (Å²) in [6.07, 6.45) is 5.92. The Bertz CT molecular complexity index is 302. The molecule has 3 nitrogen and oxygen atoms in total. The van der Waals surface area contributed by atoms with Crippen LogP contribution in [-0.2, 0) is 13.1 Å². The van der Waals surface area contributed by atoms with Crippen molar-refractivity contribution in [3.05, 3.63) is 30.6 Å². The molecule has 84 valence electrons. The summed E-state index contributed by atoms with van der Waals surface area (Å²) < 4.78 is 2.00. The molecular formula is C12H21N3. The molecule has 0 aliphatic carbocycles. The highest BCUT2D eigenvalue weighted by atomic mass is 15.3. The quantitative estimate of drug-likeness (QED) is 0.725. The number of nitrogens with one attached hydrogen (secondary N) is 1. The van der Waals surface area contributed by atoms with Gasteiger partial charge in [-0.15, -0.1) is 6.58 Å². The fourth-order valence-corrected chi connectivity index (χ4v) is 1.33. The van der Waals surface area contributed by atoms with Crippen LogP contribution in [0.5, 0.6) is 0 Å². The van der Waals surface area contributed by atoms with Crippen molar-refractivity contribution in [3.8, 4) is 0 Å². The van der Waals surface area contributed by atoms with Crippen molar-refractivity contribution in [1.82, 2.24) is 15.1 Å². The zero-order valence-electron chi connectivity index (χ0n) is 9.90. The number of nitrogens with zero attached hydrogens (tertiary/aromatic N) is 2. The monoisotopic (exact) mass is 207 g/mol. The van der Waals surface area contributed by atoms with Crippen LogP contribution in [0.3, 0.4) is 0 Å². The molecule has 1 aromatic rings. The minimum Gasteiger partial charge on any atom is -0.307 e. The van der Waals surface area contributed by atoms with Gasteiger partial charge in [-0.05, 0) is 12.8 Å². The Hall–Kier alpha value is -1.09. The normalized spacial score (nSPS) is 13.1. The van der Waals surface area contributed by atoms with Crippen LogP contribution in [0.2, 0.25) is 0 Å². The maximum absolute atomic E-state index is 4.31. The van der Waals surface area contributed by atoms with Crippen LogP contribution in [0.25, 0.3) is 0 Å². The average molecular weight is 207 g/mol. The second-order valence-corrected chi connectivity index (χ2v) is 4.37. The number of hydrogen-bond donors (Lipinski definition) is 1. The van der Waals surface area contributed by atoms with E-state index in [-0.39, 0.29) is 0 Å². The molecule has 0 radical (unpaired) electrons. The van der Waals surface area contributed by atoms with Crippen LogP contribution < -0.4 is 5.32 Å². The Morgan fingerprint density at radius 1 is 1.53 bits per heavy atom. The Morgan fingerprint density at radius 3 is 2.87 bits per heavy atom. The summed E-state index contributed by atoms with van der Waals surface area (Å²) >= 11 is 0. The van der Waals surface area contributed by atoms with Gasteiger partial charge in [0.1, 0.15) is 0 Å². The third-order valence-electron chi connectivity index (χ3n) is 2.22. The molecule has 0 aliphatic heterocycles. The van der Waals surface area contributed by atoms with Gasteiger partial charge in [0.2, 0.25) is 0 Å². The predicted molar refractivity (Wildman–Crippen MR) is 63.6 cm³/mol. The van der Waals surface area contributed by atoms with E-state index in [1.165, 1.54) is 5.56 Å². The first-order valence-electron chi connectivity index (χ1n) is 5.49. The maximum Gasteiger partial charge on any atom is 0.0534 e. The van der Waals surface area contributed by atoms with Gasteiger partial charge in [0.05, 0.1) is 6.20 Å². The second kappa shape index (κ2) is 5.71. The van der Waals surface area contributed by atoms with Gasteiger partial charge in [-0.25, -0.2) is 0 Å². The maximum atomic E-state index is 4.31. The molecule has 1 rings (SSSR count). The lowest BCUT2D eigenvalue weighted by Crippen LogP contribution is -2.22. The lowest BCUT2D eigenvalue weighted by atomic mass is 10.2. The smallest absolute Gasteiger partial charge is 0.0534 e. The van der Waals surface area contributed by atoms with Crippen LogP contribution in [0.15, 0.2) is 25.0 Å². The van der Waals surface area contributed by atoms with Crippen molar-refractivity contribution >= 4 is 0 Å². The van der Waals surface area contributed by atoms with E-state index in [9.17, 15) is 0 Å². The largest absolute Gasteiger partial charge is 0.307 e. The van der Waals surface area contributed by atoms with E-state index in [2.05, 4.69) is 44.0 Å². The fraction of sp³-hybridized carbons (Fsp3) is 0.583. The zero-order valence-corrected chi connectivity index (χ0v) is 9.90. The van der Waals surface area contributed by atoms with Gasteiger partial charge in [0.15, 0.2) is 0 Å². The second-order valence-electron chi connectivity index (χ2n) is 4.37. The Kier molecular flexibility index (Phi) is 4.56. The van der Waals surface area contributed by atoms with Crippen LogP contribution in [0.4, 0.5) is 0 Å². The van der Waals surface area contributed by atoms with Crippen LogP contribution >= 0.6 is 0 Å². The molecule has 0 aliphatic rings. The van der Waals surface area contributed by atoms with Gasteiger partial charge >= 0.3 is 0 Å². The van der Waals surface area contributed by atoms with Gasteiger partial charge in [-0.2, -0.15) is 5.10 Å². The van der Waals surface area contributed by atoms with E-state index in [1.54, 1.807) is 0 Å². The van der Waals surface area contributed by atoms with Crippen molar-refractivity contribution in [3.63, 3.8) is 0 Å². The standard InChI is InChI=1S/C12H21N3/c1-5-11(4)13-6-12-7-14-15(9-12)8-10(2)3/h5,7,9-11,13H,1,6,8H2,2-4H3. The molecule has 1 heterocycles. The molecular weight excluding hydrogens is 186 g/mol. The summed E-state index contributed by atoms with van der Waals surface area (Å²) in [5, 5.41) is 7.65. The molecule has 0 aromatic carbocycles. The summed E-state index contributed by atoms with van der Waals surface area (Å²) in [4.78, 5) is 0. The summed E-state index contributed by atoms with van der Waals surface area (Å²) in [5.41, 5.74) is 1.23. The molecule has 1 unspecified atom stereocenters. The van der Waals surface area contributed by atoms with Gasteiger partial charge in [0.25, 0.3) is 0 Å². The number of aromatic nitrogens is 2. The first-order valence-corrected chi connectivity index (χ1v) is 5.49. The van der Waals surface area contributed by atoms with E-state index in [1.807, 2.05) is 17.0 Å². The summed E-state index contributed by atoms with van der Waals surface area (Å²) in [6, 6.07) is 0.346. The number of rotatable bonds is 6. The lowest BCUT2D eigenvalue weighted by molar-refractivity contribution is 0.482. The van der Waals surface area contributed by atoms with Crippen molar-refractivity contribution in [1.29, 1.82) is 0 Å². The summed E-state index contributed by atoms with van der Waals surface area (Å²) in [5.74, 6) is 0.637. The molecule has 1 aromatic heterocycles. The third kappa shape index (κ3) is 4.30. The lowest BCUT2D eigenvalue weighted by Gasteiger charge is -2.07. The highest BCUT2D eigenvalue weighted by Gasteiger charge is 2.01. The molecule has 0 saturated heterocycles. The molecule has 0 saturated carbocycles. The van der Waals surface area contributed by atoms with Crippen LogP contribution in [0.1, 0.15) is 26.3 Å². The fourth-order valence-electron chi connectivity index (χ4n) is 1.33. The predicted octanol–water partition coefficient (Wildman–Crippen LogP) is 2.20. The van der Waals surface area contributed by atoms with Crippen molar-refractivity contribution < 1.29 is 0 Å². The molecule has 3 heteroatoms. The highest BCUT2D eigenvalue weighted by molar-refractivity contribution is 5.04. The van der Waals surface area contributed by atoms with Crippen LogP contribution in [-0.4, -0.2) is 15.8 Å². The van der Waals surface area contributed by atoms with Crippen molar-refractivity contribution in [2.24, 2.45) is 5.92 Å². The molecule has 0 bridgehead atoms. The van der Waals surface area contributed by atoms with Crippen molar-refractivity contribution in [2.45, 2.75) is 39.9 Å². The van der Waals surface area contributed by atoms with Gasteiger partial charge in [0, 0.05) is 30.9 Å². The van der Waals surface area contributed by atoms with Gasteiger partial charge < -0.3 is 5.32 Å². The Balaban J connectivity index is 2.42. The molecule has 1 atom stereocenters. The molecule has 0 fully saturated rings. The highest BCUT2D eigenvalue weighted by Crippen LogP contribution is 2.02. The Labute approximate surface area is 92.2 Å². The van der Waals surface area contributed by atoms with Crippen LogP contribution in [0, 0.1) is 5.92 Å². The molecule has 1 N–H and O–H groups in total. The SMILES string of the molecule is C=CC(C)NCc1cnn(CC(C)C)c1. The molecule has 0 amide bonds. The molecule has 0 spiro atoms. The van der Waals surface area contributed by atoms with Gasteiger partial charge in [-0.3, -0.25) is 4.68 Å². The van der Waals surface area contributed by atoms with Crippen molar-refractivity contribution in [2.75, 3.05) is 0 Å². The van der Waals surface area contributed by atoms with Gasteiger partial charge in [-0.1, -0.05) is 19.9 Å². The third-order valence-corrected chi connectivity index (χ3v) is 2.22. The first kappa shape index (κ1) is 12.0. The Morgan fingerprint density at radius 2 is 2.27 bits per heavy atom. The topological polar surface area (TPSA) is 29.9 Å². The number of hydrogen-bond acceptors (Lipinski definition) is 2. The minimum atomic E-state index is 0.346. The molecule has 15 heavy (non-hydrogen) atoms. The first-order chi connectivity index (χ1) is 7.11. The summed E-state index contributed by atoms with van der Waals surface area (Å²) in [7, 11) is 0. The zero-order chi connectivity index (χ0) is 11.3.